The van der Waals surface area contributed by atoms with Crippen molar-refractivity contribution >= 4 is 38.4 Å². The second kappa shape index (κ2) is 8.53. The summed E-state index contributed by atoms with van der Waals surface area (Å²) in [6.07, 6.45) is 2.07. The Hall–Kier alpha value is -1.78. The highest BCUT2D eigenvalue weighted by molar-refractivity contribution is 8.15. The van der Waals surface area contributed by atoms with Crippen molar-refractivity contribution in [3.8, 4) is 5.75 Å². The number of nitrogens with zero attached hydrogens (tertiary/aromatic N) is 2. The third kappa shape index (κ3) is 4.87. The molecule has 2 saturated heterocycles. The Morgan fingerprint density at radius 2 is 2.14 bits per heavy atom. The number of aliphatic imine (C=N–C) groups is 1. The first-order valence-corrected chi connectivity index (χ1v) is 12.4. The first-order chi connectivity index (χ1) is 13.9. The number of thioether (sulfide) groups is 1. The van der Waals surface area contributed by atoms with Crippen molar-refractivity contribution in [1.82, 2.24) is 5.32 Å². The number of amidine groups is 1. The lowest BCUT2D eigenvalue weighted by molar-refractivity contribution is -0.120. The summed E-state index contributed by atoms with van der Waals surface area (Å²) in [6, 6.07) is 7.17. The highest BCUT2D eigenvalue weighted by Crippen LogP contribution is 2.37. The van der Waals surface area contributed by atoms with Gasteiger partial charge < -0.3 is 19.7 Å². The Kier molecular flexibility index (Phi) is 6.03. The molecule has 0 radical (unpaired) electrons. The van der Waals surface area contributed by atoms with Gasteiger partial charge in [0.05, 0.1) is 30.8 Å². The standard InChI is InChI=1S/C19H25N3O5S2/c1-26-14-6-4-13(5-7-14)22(10-18(23)20-9-15-3-2-8-27-15)19-21-16-11-29(24,25)12-17(16)28-19/h4-7,15-17H,2-3,8-12H2,1H3,(H,20,23)/t15-,16+,17-/m0/s1. The van der Waals surface area contributed by atoms with E-state index in [1.807, 2.05) is 29.2 Å². The van der Waals surface area contributed by atoms with E-state index >= 15 is 0 Å². The second-order valence-electron chi connectivity index (χ2n) is 7.44. The molecule has 10 heteroatoms. The Morgan fingerprint density at radius 3 is 2.79 bits per heavy atom. The molecule has 1 aromatic carbocycles. The molecule has 0 spiro atoms. The maximum atomic E-state index is 12.6. The van der Waals surface area contributed by atoms with Crippen LogP contribution in [0.1, 0.15) is 12.8 Å². The molecular weight excluding hydrogens is 414 g/mol. The number of benzene rings is 1. The molecule has 1 amide bonds. The highest BCUT2D eigenvalue weighted by Gasteiger charge is 2.44. The predicted molar refractivity (Wildman–Crippen MR) is 114 cm³/mol. The molecule has 0 aliphatic carbocycles. The lowest BCUT2D eigenvalue weighted by atomic mass is 10.2. The zero-order valence-electron chi connectivity index (χ0n) is 16.2. The molecule has 1 aromatic rings. The average molecular weight is 440 g/mol. The van der Waals surface area contributed by atoms with Gasteiger partial charge in [-0.2, -0.15) is 0 Å². The van der Waals surface area contributed by atoms with E-state index in [0.29, 0.717) is 11.7 Å². The number of sulfone groups is 1. The van der Waals surface area contributed by atoms with Crippen LogP contribution in [0, 0.1) is 0 Å². The number of hydrogen-bond acceptors (Lipinski definition) is 8. The molecule has 158 valence electrons. The van der Waals surface area contributed by atoms with Gasteiger partial charge in [-0.1, -0.05) is 11.8 Å². The quantitative estimate of drug-likeness (QED) is 0.708. The first kappa shape index (κ1) is 20.5. The molecule has 0 bridgehead atoms. The Morgan fingerprint density at radius 1 is 1.34 bits per heavy atom. The number of anilines is 1. The van der Waals surface area contributed by atoms with Gasteiger partial charge in [-0.05, 0) is 37.1 Å². The number of amides is 1. The van der Waals surface area contributed by atoms with Crippen molar-refractivity contribution in [2.75, 3.05) is 43.2 Å². The minimum Gasteiger partial charge on any atom is -0.497 e. The van der Waals surface area contributed by atoms with Crippen molar-refractivity contribution in [2.45, 2.75) is 30.2 Å². The zero-order valence-corrected chi connectivity index (χ0v) is 17.9. The van der Waals surface area contributed by atoms with Gasteiger partial charge in [0.25, 0.3) is 0 Å². The van der Waals surface area contributed by atoms with Crippen LogP contribution in [0.2, 0.25) is 0 Å². The largest absolute Gasteiger partial charge is 0.497 e. The van der Waals surface area contributed by atoms with Crippen LogP contribution in [-0.4, -0.2) is 75.2 Å². The maximum absolute atomic E-state index is 12.6. The summed E-state index contributed by atoms with van der Waals surface area (Å²) < 4.78 is 34.5. The number of hydrogen-bond donors (Lipinski definition) is 1. The summed E-state index contributed by atoms with van der Waals surface area (Å²) >= 11 is 1.44. The van der Waals surface area contributed by atoms with Crippen molar-refractivity contribution in [3.05, 3.63) is 24.3 Å². The van der Waals surface area contributed by atoms with E-state index in [0.717, 1.165) is 30.9 Å². The maximum Gasteiger partial charge on any atom is 0.240 e. The monoisotopic (exact) mass is 439 g/mol. The molecule has 3 heterocycles. The van der Waals surface area contributed by atoms with Crippen molar-refractivity contribution in [2.24, 2.45) is 4.99 Å². The Bertz CT molecular complexity index is 882. The molecule has 0 unspecified atom stereocenters. The number of methoxy groups -OCH3 is 1. The minimum absolute atomic E-state index is 0.0781. The van der Waals surface area contributed by atoms with E-state index in [-0.39, 0.29) is 41.4 Å². The van der Waals surface area contributed by atoms with Gasteiger partial charge in [-0.3, -0.25) is 9.79 Å². The molecule has 1 N–H and O–H groups in total. The third-order valence-corrected chi connectivity index (χ3v) is 8.52. The van der Waals surface area contributed by atoms with Crippen LogP contribution in [0.15, 0.2) is 29.3 Å². The van der Waals surface area contributed by atoms with Crippen LogP contribution >= 0.6 is 11.8 Å². The summed E-state index contributed by atoms with van der Waals surface area (Å²) in [5.41, 5.74) is 0.812. The molecule has 3 aliphatic rings. The minimum atomic E-state index is -3.03. The molecule has 4 rings (SSSR count). The van der Waals surface area contributed by atoms with Gasteiger partial charge in [-0.25, -0.2) is 8.42 Å². The van der Waals surface area contributed by atoms with Crippen LogP contribution in [0.25, 0.3) is 0 Å². The van der Waals surface area contributed by atoms with E-state index in [1.165, 1.54) is 11.8 Å². The number of nitrogens with one attached hydrogen (secondary N) is 1. The smallest absolute Gasteiger partial charge is 0.240 e. The number of rotatable bonds is 6. The molecule has 29 heavy (non-hydrogen) atoms. The van der Waals surface area contributed by atoms with E-state index < -0.39 is 9.84 Å². The van der Waals surface area contributed by atoms with E-state index in [9.17, 15) is 13.2 Å². The van der Waals surface area contributed by atoms with Crippen LogP contribution in [0.4, 0.5) is 5.69 Å². The van der Waals surface area contributed by atoms with E-state index in [2.05, 4.69) is 10.3 Å². The summed E-state index contributed by atoms with van der Waals surface area (Å²) in [7, 11) is -1.42. The predicted octanol–water partition coefficient (Wildman–Crippen LogP) is 1.07. The van der Waals surface area contributed by atoms with E-state index in [4.69, 9.17) is 9.47 Å². The number of carbonyl (C=O) groups is 1. The fourth-order valence-electron chi connectivity index (χ4n) is 3.73. The van der Waals surface area contributed by atoms with Gasteiger partial charge in [-0.15, -0.1) is 0 Å². The summed E-state index contributed by atoms with van der Waals surface area (Å²) in [6.45, 7) is 1.35. The summed E-state index contributed by atoms with van der Waals surface area (Å²) in [4.78, 5) is 19.1. The van der Waals surface area contributed by atoms with E-state index in [1.54, 1.807) is 7.11 Å². The average Bonchev–Trinajstić information content (AvgIpc) is 3.39. The fourth-order valence-corrected chi connectivity index (χ4v) is 7.52. The third-order valence-electron chi connectivity index (χ3n) is 5.27. The zero-order chi connectivity index (χ0) is 20.4. The topological polar surface area (TPSA) is 97.3 Å². The lowest BCUT2D eigenvalue weighted by Crippen LogP contribution is -2.42. The van der Waals surface area contributed by atoms with Gasteiger partial charge in [0.2, 0.25) is 5.91 Å². The molecule has 0 aromatic heterocycles. The Balaban J connectivity index is 1.49. The first-order valence-electron chi connectivity index (χ1n) is 9.68. The Labute approximate surface area is 175 Å². The van der Waals surface area contributed by atoms with Crippen LogP contribution in [0.5, 0.6) is 5.75 Å². The van der Waals surface area contributed by atoms with Crippen molar-refractivity contribution < 1.29 is 22.7 Å². The van der Waals surface area contributed by atoms with Crippen LogP contribution in [0.3, 0.4) is 0 Å². The SMILES string of the molecule is COc1ccc(N(CC(=O)NC[C@@H]2CCCO2)C2=N[C@@H]3CS(=O)(=O)C[C@@H]3S2)cc1. The highest BCUT2D eigenvalue weighted by atomic mass is 32.2. The number of carbonyl (C=O) groups excluding carboxylic acids is 1. The number of fused-ring (bicyclic) bond motifs is 1. The van der Waals surface area contributed by atoms with Gasteiger partial charge in [0.15, 0.2) is 15.0 Å². The molecule has 8 nitrogen and oxygen atoms in total. The van der Waals surface area contributed by atoms with Crippen LogP contribution < -0.4 is 15.0 Å². The molecule has 3 aliphatic heterocycles. The van der Waals surface area contributed by atoms with Crippen molar-refractivity contribution in [3.63, 3.8) is 0 Å². The van der Waals surface area contributed by atoms with Gasteiger partial charge >= 0.3 is 0 Å². The number of ether oxygens (including phenoxy) is 2. The lowest BCUT2D eigenvalue weighted by Gasteiger charge is -2.24. The fraction of sp³-hybridized carbons (Fsp3) is 0.579. The van der Waals surface area contributed by atoms with Crippen LogP contribution in [-0.2, 0) is 19.4 Å². The normalized spacial score (nSPS) is 27.3. The van der Waals surface area contributed by atoms with Gasteiger partial charge in [0, 0.05) is 24.1 Å². The van der Waals surface area contributed by atoms with Gasteiger partial charge in [0.1, 0.15) is 12.3 Å². The second-order valence-corrected chi connectivity index (χ2v) is 10.8. The molecule has 3 atom stereocenters. The molecule has 0 saturated carbocycles. The summed E-state index contributed by atoms with van der Waals surface area (Å²) in [5.74, 6) is 0.817. The molecular formula is C19H25N3O5S2. The van der Waals surface area contributed by atoms with Crippen molar-refractivity contribution in [1.29, 1.82) is 0 Å². The summed E-state index contributed by atoms with van der Waals surface area (Å²) in [5, 5.41) is 3.55. The molecule has 2 fully saturated rings.